The maximum atomic E-state index is 13.8. The summed E-state index contributed by atoms with van der Waals surface area (Å²) in [5.74, 6) is -1.67. The second-order valence-electron chi connectivity index (χ2n) is 6.85. The maximum absolute atomic E-state index is 13.8. The van der Waals surface area contributed by atoms with Crippen LogP contribution in [0.5, 0.6) is 0 Å². The third kappa shape index (κ3) is 2.37. The normalized spacial score (nSPS) is 20.5. The van der Waals surface area contributed by atoms with Crippen molar-refractivity contribution < 1.29 is 19.1 Å². The Morgan fingerprint density at radius 1 is 0.724 bits per heavy atom. The van der Waals surface area contributed by atoms with Gasteiger partial charge in [0.15, 0.2) is 0 Å². The highest BCUT2D eigenvalue weighted by Gasteiger charge is 2.59. The minimum Gasteiger partial charge on any atom is -0.436 e. The number of fused-ring (bicyclic) bond motifs is 2. The second kappa shape index (κ2) is 6.27. The molecule has 0 N–H and O–H groups in total. The first-order chi connectivity index (χ1) is 14.1. The van der Waals surface area contributed by atoms with E-state index in [1.54, 1.807) is 54.6 Å². The van der Waals surface area contributed by atoms with E-state index in [9.17, 15) is 14.4 Å². The third-order valence-corrected chi connectivity index (χ3v) is 5.24. The summed E-state index contributed by atoms with van der Waals surface area (Å²) >= 11 is 0. The van der Waals surface area contributed by atoms with Gasteiger partial charge in [0.05, 0.1) is 5.69 Å². The predicted molar refractivity (Wildman–Crippen MR) is 107 cm³/mol. The number of ether oxygens (including phenoxy) is 1. The van der Waals surface area contributed by atoms with Crippen LogP contribution in [0.3, 0.4) is 0 Å². The van der Waals surface area contributed by atoms with Gasteiger partial charge in [-0.25, -0.2) is 9.69 Å². The van der Waals surface area contributed by atoms with Crippen LogP contribution >= 0.6 is 0 Å². The number of hydrogen-bond donors (Lipinski definition) is 0. The summed E-state index contributed by atoms with van der Waals surface area (Å²) in [5, 5.41) is 0. The van der Waals surface area contributed by atoms with E-state index in [1.165, 1.54) is 6.08 Å². The number of carbonyl (C=O) groups is 3. The molecule has 2 amide bonds. The highest BCUT2D eigenvalue weighted by atomic mass is 16.6. The number of imide groups is 1. The summed E-state index contributed by atoms with van der Waals surface area (Å²) in [4.78, 5) is 40.6. The Hall–Kier alpha value is -3.99. The summed E-state index contributed by atoms with van der Waals surface area (Å²) in [6.07, 6.45) is 1.34. The molecule has 3 aromatic carbocycles. The molecular formula is C24H15NO4. The zero-order valence-electron chi connectivity index (χ0n) is 15.2. The molecule has 0 aliphatic carbocycles. The first kappa shape index (κ1) is 17.1. The molecule has 2 heterocycles. The van der Waals surface area contributed by atoms with E-state index < -0.39 is 23.4 Å². The molecule has 2 aliphatic heterocycles. The number of anilines is 1. The molecule has 1 unspecified atom stereocenters. The van der Waals surface area contributed by atoms with Crippen LogP contribution in [-0.4, -0.2) is 17.8 Å². The molecule has 5 rings (SSSR count). The van der Waals surface area contributed by atoms with Crippen LogP contribution in [0, 0.1) is 0 Å². The first-order valence-corrected chi connectivity index (χ1v) is 9.17. The van der Waals surface area contributed by atoms with E-state index in [4.69, 9.17) is 4.74 Å². The molecule has 5 nitrogen and oxygen atoms in total. The SMILES string of the molecule is O=C1C=C(c2ccccc2)C2(O1)C(=O)N(c1ccccc1)C(=O)c1ccccc12. The molecule has 0 fully saturated rings. The first-order valence-electron chi connectivity index (χ1n) is 9.17. The fraction of sp³-hybridized carbons (Fsp3) is 0.0417. The number of nitrogens with zero attached hydrogens (tertiary/aromatic N) is 1. The minimum absolute atomic E-state index is 0.326. The minimum atomic E-state index is -1.71. The van der Waals surface area contributed by atoms with Crippen molar-refractivity contribution in [3.05, 3.63) is 108 Å². The van der Waals surface area contributed by atoms with Crippen molar-refractivity contribution in [2.45, 2.75) is 5.60 Å². The van der Waals surface area contributed by atoms with Crippen LogP contribution in [0.4, 0.5) is 5.69 Å². The molecule has 0 saturated heterocycles. The van der Waals surface area contributed by atoms with Crippen molar-refractivity contribution in [2.24, 2.45) is 0 Å². The van der Waals surface area contributed by atoms with Crippen molar-refractivity contribution in [1.29, 1.82) is 0 Å². The van der Waals surface area contributed by atoms with Gasteiger partial charge in [0.1, 0.15) is 0 Å². The van der Waals surface area contributed by atoms with Gasteiger partial charge in [0, 0.05) is 22.8 Å². The Morgan fingerprint density at radius 3 is 2.07 bits per heavy atom. The van der Waals surface area contributed by atoms with Crippen molar-refractivity contribution in [3.8, 4) is 0 Å². The smallest absolute Gasteiger partial charge is 0.332 e. The molecule has 1 spiro atoms. The van der Waals surface area contributed by atoms with Crippen molar-refractivity contribution in [1.82, 2.24) is 0 Å². The summed E-state index contributed by atoms with van der Waals surface area (Å²) < 4.78 is 5.72. The molecule has 2 aliphatic rings. The predicted octanol–water partition coefficient (Wildman–Crippen LogP) is 3.71. The molecule has 140 valence electrons. The van der Waals surface area contributed by atoms with Gasteiger partial charge in [-0.05, 0) is 23.8 Å². The lowest BCUT2D eigenvalue weighted by atomic mass is 9.77. The fourth-order valence-corrected chi connectivity index (χ4v) is 3.99. The number of amides is 2. The molecule has 5 heteroatoms. The standard InChI is InChI=1S/C24H15NO4/c26-21-15-20(16-9-3-1-4-10-16)24(29-21)19-14-8-7-13-18(19)22(27)25(23(24)28)17-11-5-2-6-12-17/h1-15H. The lowest BCUT2D eigenvalue weighted by Crippen LogP contribution is -2.55. The van der Waals surface area contributed by atoms with Crippen LogP contribution in [0.15, 0.2) is 91.0 Å². The van der Waals surface area contributed by atoms with Gasteiger partial charge in [-0.15, -0.1) is 0 Å². The zero-order valence-corrected chi connectivity index (χ0v) is 15.2. The zero-order chi connectivity index (χ0) is 20.0. The molecule has 0 radical (unpaired) electrons. The summed E-state index contributed by atoms with van der Waals surface area (Å²) in [5.41, 5.74) is 0.527. The van der Waals surface area contributed by atoms with Crippen LogP contribution in [-0.2, 0) is 19.9 Å². The molecule has 0 bridgehead atoms. The van der Waals surface area contributed by atoms with Gasteiger partial charge in [-0.2, -0.15) is 0 Å². The molecular weight excluding hydrogens is 366 g/mol. The van der Waals surface area contributed by atoms with Gasteiger partial charge < -0.3 is 4.74 Å². The quantitative estimate of drug-likeness (QED) is 0.501. The van der Waals surface area contributed by atoms with E-state index in [2.05, 4.69) is 0 Å². The summed E-state index contributed by atoms with van der Waals surface area (Å²) in [7, 11) is 0. The number of rotatable bonds is 2. The van der Waals surface area contributed by atoms with Crippen LogP contribution in [0.1, 0.15) is 21.5 Å². The van der Waals surface area contributed by atoms with Gasteiger partial charge >= 0.3 is 5.97 Å². The molecule has 0 aromatic heterocycles. The van der Waals surface area contributed by atoms with E-state index in [1.807, 2.05) is 30.3 Å². The summed E-state index contributed by atoms with van der Waals surface area (Å²) in [6, 6.07) is 24.6. The van der Waals surface area contributed by atoms with E-state index in [0.29, 0.717) is 28.0 Å². The van der Waals surface area contributed by atoms with Crippen molar-refractivity contribution >= 4 is 29.0 Å². The maximum Gasteiger partial charge on any atom is 0.332 e. The second-order valence-corrected chi connectivity index (χ2v) is 6.85. The lowest BCUT2D eigenvalue weighted by Gasteiger charge is -2.39. The number of para-hydroxylation sites is 1. The van der Waals surface area contributed by atoms with E-state index >= 15 is 0 Å². The average molecular weight is 381 g/mol. The Morgan fingerprint density at radius 2 is 1.34 bits per heavy atom. The molecule has 0 saturated carbocycles. The Labute approximate surface area is 166 Å². The van der Waals surface area contributed by atoms with Crippen LogP contribution in [0.2, 0.25) is 0 Å². The molecule has 29 heavy (non-hydrogen) atoms. The van der Waals surface area contributed by atoms with Crippen LogP contribution in [0.25, 0.3) is 5.57 Å². The van der Waals surface area contributed by atoms with Crippen molar-refractivity contribution in [3.63, 3.8) is 0 Å². The lowest BCUT2D eigenvalue weighted by molar-refractivity contribution is -0.155. The number of carbonyl (C=O) groups excluding carboxylic acids is 3. The van der Waals surface area contributed by atoms with Gasteiger partial charge in [-0.1, -0.05) is 66.7 Å². The molecule has 3 aromatic rings. The van der Waals surface area contributed by atoms with E-state index in [0.717, 1.165) is 4.90 Å². The van der Waals surface area contributed by atoms with Crippen molar-refractivity contribution in [2.75, 3.05) is 4.90 Å². The fourth-order valence-electron chi connectivity index (χ4n) is 3.99. The summed E-state index contributed by atoms with van der Waals surface area (Å²) in [6.45, 7) is 0. The third-order valence-electron chi connectivity index (χ3n) is 5.24. The highest BCUT2D eigenvalue weighted by molar-refractivity contribution is 6.31. The van der Waals surface area contributed by atoms with Gasteiger partial charge in [0.2, 0.25) is 5.60 Å². The Bertz CT molecular complexity index is 1180. The highest BCUT2D eigenvalue weighted by Crippen LogP contribution is 2.49. The van der Waals surface area contributed by atoms with Gasteiger partial charge in [-0.3, -0.25) is 9.59 Å². The largest absolute Gasteiger partial charge is 0.436 e. The van der Waals surface area contributed by atoms with Gasteiger partial charge in [0.25, 0.3) is 11.8 Å². The topological polar surface area (TPSA) is 63.7 Å². The number of hydrogen-bond acceptors (Lipinski definition) is 4. The van der Waals surface area contributed by atoms with E-state index in [-0.39, 0.29) is 0 Å². The number of esters is 1. The molecule has 1 atom stereocenters. The average Bonchev–Trinajstić information content (AvgIpc) is 3.12. The Kier molecular flexibility index (Phi) is 3.71. The number of benzene rings is 3. The monoisotopic (exact) mass is 381 g/mol. The van der Waals surface area contributed by atoms with Crippen LogP contribution < -0.4 is 4.90 Å². The Balaban J connectivity index is 1.80.